The number of hydrogen-bond donors (Lipinski definition) is 1. The molecule has 1 N–H and O–H groups in total. The first-order valence-electron chi connectivity index (χ1n) is 8.10. The van der Waals surface area contributed by atoms with Gasteiger partial charge in [-0.1, -0.05) is 0 Å². The molecule has 0 unspecified atom stereocenters. The predicted molar refractivity (Wildman–Crippen MR) is 97.1 cm³/mol. The Morgan fingerprint density at radius 1 is 1.33 bits per heavy atom. The summed E-state index contributed by atoms with van der Waals surface area (Å²) in [6.07, 6.45) is 1.70. The number of guanidine groups is 1. The Bertz CT molecular complexity index is 560. The van der Waals surface area contributed by atoms with E-state index in [0.717, 1.165) is 12.5 Å². The van der Waals surface area contributed by atoms with Crippen molar-refractivity contribution in [1.29, 1.82) is 0 Å². The molecule has 0 aliphatic rings. The molecule has 0 spiro atoms. The lowest BCUT2D eigenvalue weighted by molar-refractivity contribution is 0.0302. The van der Waals surface area contributed by atoms with Crippen LogP contribution in [-0.2, 0) is 18.3 Å². The topological polar surface area (TPSA) is 62.1 Å². The second-order valence-electron chi connectivity index (χ2n) is 6.84. The van der Waals surface area contributed by atoms with Gasteiger partial charge in [-0.15, -0.1) is 0 Å². The minimum absolute atomic E-state index is 0.323. The van der Waals surface area contributed by atoms with Crippen molar-refractivity contribution >= 4 is 12.1 Å². The second kappa shape index (κ2) is 8.61. The van der Waals surface area contributed by atoms with E-state index in [1.165, 1.54) is 5.69 Å². The minimum atomic E-state index is -0.482. The van der Waals surface area contributed by atoms with Crippen LogP contribution in [0, 0.1) is 0 Å². The van der Waals surface area contributed by atoms with E-state index < -0.39 is 5.60 Å². The lowest BCUT2D eigenvalue weighted by atomic mass is 10.2. The average molecular weight is 337 g/mol. The van der Waals surface area contributed by atoms with E-state index in [-0.39, 0.29) is 6.09 Å². The zero-order valence-electron chi connectivity index (χ0n) is 16.0. The molecule has 0 atom stereocenters. The molecule has 1 heterocycles. The van der Waals surface area contributed by atoms with Crippen LogP contribution in [0.3, 0.4) is 0 Å². The highest BCUT2D eigenvalue weighted by molar-refractivity contribution is 5.79. The Labute approximate surface area is 145 Å². The quantitative estimate of drug-likeness (QED) is 0.658. The monoisotopic (exact) mass is 337 g/mol. The number of carbonyl (C=O) groups excluding carboxylic acids is 1. The van der Waals surface area contributed by atoms with Crippen molar-refractivity contribution < 1.29 is 9.53 Å². The molecule has 0 saturated carbocycles. The van der Waals surface area contributed by atoms with Gasteiger partial charge in [0, 0.05) is 53.2 Å². The van der Waals surface area contributed by atoms with Crippen LogP contribution in [0.1, 0.15) is 26.5 Å². The summed E-state index contributed by atoms with van der Waals surface area (Å²) in [4.78, 5) is 19.8. The van der Waals surface area contributed by atoms with E-state index in [9.17, 15) is 4.79 Å². The largest absolute Gasteiger partial charge is 0.444 e. The summed E-state index contributed by atoms with van der Waals surface area (Å²) in [5.41, 5.74) is 0.718. The fourth-order valence-corrected chi connectivity index (χ4v) is 2.13. The number of ether oxygens (including phenoxy) is 1. The highest BCUT2D eigenvalue weighted by Crippen LogP contribution is 2.08. The van der Waals surface area contributed by atoms with Crippen LogP contribution < -0.4 is 5.32 Å². The molecule has 1 aromatic heterocycles. The molecule has 24 heavy (non-hydrogen) atoms. The van der Waals surface area contributed by atoms with Gasteiger partial charge in [0.1, 0.15) is 5.60 Å². The maximum Gasteiger partial charge on any atom is 0.410 e. The Morgan fingerprint density at radius 3 is 2.50 bits per heavy atom. The molecule has 7 heteroatoms. The summed E-state index contributed by atoms with van der Waals surface area (Å²) < 4.78 is 7.41. The van der Waals surface area contributed by atoms with Gasteiger partial charge in [-0.2, -0.15) is 0 Å². The maximum atomic E-state index is 11.9. The second-order valence-corrected chi connectivity index (χ2v) is 6.84. The normalized spacial score (nSPS) is 12.0. The summed E-state index contributed by atoms with van der Waals surface area (Å²) in [7, 11) is 7.49. The van der Waals surface area contributed by atoms with E-state index in [1.54, 1.807) is 19.0 Å². The highest BCUT2D eigenvalue weighted by atomic mass is 16.6. The summed E-state index contributed by atoms with van der Waals surface area (Å²) >= 11 is 0. The predicted octanol–water partition coefficient (Wildman–Crippen LogP) is 1.90. The SMILES string of the molecule is CN=C(NCCN(C)C(=O)OC(C)(C)C)N(C)Cc1cccn1C. The van der Waals surface area contributed by atoms with E-state index in [1.807, 2.05) is 52.0 Å². The Morgan fingerprint density at radius 2 is 2.00 bits per heavy atom. The van der Waals surface area contributed by atoms with Crippen LogP contribution in [0.5, 0.6) is 0 Å². The lowest BCUT2D eigenvalue weighted by Gasteiger charge is -2.26. The van der Waals surface area contributed by atoms with Crippen molar-refractivity contribution in [3.63, 3.8) is 0 Å². The van der Waals surface area contributed by atoms with Crippen LogP contribution in [-0.4, -0.2) is 66.3 Å². The van der Waals surface area contributed by atoms with Gasteiger partial charge in [-0.3, -0.25) is 4.99 Å². The molecule has 1 aromatic rings. The van der Waals surface area contributed by atoms with Crippen molar-refractivity contribution in [1.82, 2.24) is 19.7 Å². The Hall–Kier alpha value is -2.18. The van der Waals surface area contributed by atoms with Crippen LogP contribution in [0.4, 0.5) is 4.79 Å². The smallest absolute Gasteiger partial charge is 0.410 e. The number of aliphatic imine (C=N–C) groups is 1. The van der Waals surface area contributed by atoms with Gasteiger partial charge in [0.25, 0.3) is 0 Å². The molecular formula is C17H31N5O2. The number of amides is 1. The van der Waals surface area contributed by atoms with Crippen LogP contribution >= 0.6 is 0 Å². The standard InChI is InChI=1S/C17H31N5O2/c1-17(2,3)24-16(23)21(6)12-10-19-15(18-4)22(7)13-14-9-8-11-20(14)5/h8-9,11H,10,12-13H2,1-7H3,(H,18,19). The van der Waals surface area contributed by atoms with Gasteiger partial charge >= 0.3 is 6.09 Å². The van der Waals surface area contributed by atoms with Crippen molar-refractivity contribution in [2.45, 2.75) is 32.9 Å². The van der Waals surface area contributed by atoms with Gasteiger partial charge in [0.15, 0.2) is 5.96 Å². The maximum absolute atomic E-state index is 11.9. The molecule has 0 aliphatic heterocycles. The number of rotatable bonds is 5. The fraction of sp³-hybridized carbons (Fsp3) is 0.647. The first-order chi connectivity index (χ1) is 11.1. The Balaban J connectivity index is 2.44. The highest BCUT2D eigenvalue weighted by Gasteiger charge is 2.19. The van der Waals surface area contributed by atoms with Gasteiger partial charge in [0.05, 0.1) is 6.54 Å². The molecule has 0 fully saturated rings. The molecule has 0 radical (unpaired) electrons. The molecule has 0 saturated heterocycles. The molecule has 136 valence electrons. The fourth-order valence-electron chi connectivity index (χ4n) is 2.13. The average Bonchev–Trinajstić information content (AvgIpc) is 2.86. The minimum Gasteiger partial charge on any atom is -0.444 e. The number of aromatic nitrogens is 1. The van der Waals surface area contributed by atoms with Gasteiger partial charge in [-0.25, -0.2) is 4.79 Å². The van der Waals surface area contributed by atoms with E-state index >= 15 is 0 Å². The molecular weight excluding hydrogens is 306 g/mol. The number of nitrogens with one attached hydrogen (secondary N) is 1. The number of hydrogen-bond acceptors (Lipinski definition) is 3. The van der Waals surface area contributed by atoms with Crippen molar-refractivity contribution in [2.75, 3.05) is 34.2 Å². The summed E-state index contributed by atoms with van der Waals surface area (Å²) in [6.45, 7) is 7.46. The first-order valence-corrected chi connectivity index (χ1v) is 8.10. The molecule has 0 aliphatic carbocycles. The summed E-state index contributed by atoms with van der Waals surface area (Å²) in [5, 5.41) is 3.27. The van der Waals surface area contributed by atoms with Crippen molar-refractivity contribution in [3.05, 3.63) is 24.0 Å². The van der Waals surface area contributed by atoms with Crippen LogP contribution in [0.2, 0.25) is 0 Å². The summed E-state index contributed by atoms with van der Waals surface area (Å²) in [6, 6.07) is 4.11. The molecule has 7 nitrogen and oxygen atoms in total. The Kier molecular flexibility index (Phi) is 7.13. The molecule has 1 rings (SSSR count). The number of aryl methyl sites for hydroxylation is 1. The third-order valence-corrected chi connectivity index (χ3v) is 3.46. The first kappa shape index (κ1) is 19.9. The van der Waals surface area contributed by atoms with E-state index in [0.29, 0.717) is 13.1 Å². The molecule has 0 bridgehead atoms. The van der Waals surface area contributed by atoms with Gasteiger partial charge < -0.3 is 24.4 Å². The zero-order valence-corrected chi connectivity index (χ0v) is 16.0. The van der Waals surface area contributed by atoms with Crippen LogP contribution in [0.15, 0.2) is 23.3 Å². The molecule has 0 aromatic carbocycles. The van der Waals surface area contributed by atoms with E-state index in [2.05, 4.69) is 20.9 Å². The molecule has 1 amide bonds. The lowest BCUT2D eigenvalue weighted by Crippen LogP contribution is -2.43. The zero-order chi connectivity index (χ0) is 18.3. The van der Waals surface area contributed by atoms with Crippen molar-refractivity contribution in [3.8, 4) is 0 Å². The van der Waals surface area contributed by atoms with Crippen molar-refractivity contribution in [2.24, 2.45) is 12.0 Å². The van der Waals surface area contributed by atoms with Crippen LogP contribution in [0.25, 0.3) is 0 Å². The van der Waals surface area contributed by atoms with Gasteiger partial charge in [-0.05, 0) is 32.9 Å². The van der Waals surface area contributed by atoms with E-state index in [4.69, 9.17) is 4.74 Å². The van der Waals surface area contributed by atoms with Gasteiger partial charge in [0.2, 0.25) is 0 Å². The third-order valence-electron chi connectivity index (χ3n) is 3.46. The summed E-state index contributed by atoms with van der Waals surface area (Å²) in [5.74, 6) is 0.786. The third kappa shape index (κ3) is 6.52. The number of nitrogens with zero attached hydrogens (tertiary/aromatic N) is 4. The number of carbonyl (C=O) groups is 1. The number of likely N-dealkylation sites (N-methyl/N-ethyl adjacent to an activating group) is 1.